The van der Waals surface area contributed by atoms with Gasteiger partial charge in [-0.3, -0.25) is 0 Å². The quantitative estimate of drug-likeness (QED) is 0.309. The van der Waals surface area contributed by atoms with Crippen LogP contribution in [0.1, 0.15) is 13.3 Å². The van der Waals surface area contributed by atoms with Crippen LogP contribution in [0.5, 0.6) is 0 Å². The molecule has 16 heavy (non-hydrogen) atoms. The third-order valence-electron chi connectivity index (χ3n) is 1.46. The zero-order valence-corrected chi connectivity index (χ0v) is 11.0. The average molecular weight is 255 g/mol. The van der Waals surface area contributed by atoms with Crippen LogP contribution in [0.4, 0.5) is 0 Å². The molecule has 2 N–H and O–H groups in total. The zero-order valence-electron chi connectivity index (χ0n) is 10.2. The number of hydrogen-bond acceptors (Lipinski definition) is 3. The predicted molar refractivity (Wildman–Crippen MR) is 56.0 cm³/mol. The molecule has 0 radical (unpaired) electrons. The molecule has 0 aliphatic rings. The molecule has 0 fully saturated rings. The number of halogens is 1. The van der Waals surface area contributed by atoms with Crippen LogP contribution in [0, 0.1) is 0 Å². The molecular formula is C10H21ClNO4-. The van der Waals surface area contributed by atoms with E-state index in [9.17, 15) is 9.90 Å². The molecule has 0 rings (SSSR count). The van der Waals surface area contributed by atoms with E-state index in [0.29, 0.717) is 6.61 Å². The topological polar surface area (TPSA) is 80.6 Å². The van der Waals surface area contributed by atoms with Gasteiger partial charge in [-0.2, -0.15) is 0 Å². The summed E-state index contributed by atoms with van der Waals surface area (Å²) in [5.74, 6) is -2.26. The van der Waals surface area contributed by atoms with Crippen molar-refractivity contribution in [2.75, 3.05) is 34.3 Å². The van der Waals surface area contributed by atoms with E-state index >= 15 is 0 Å². The highest BCUT2D eigenvalue weighted by Crippen LogP contribution is 1.90. The third-order valence-corrected chi connectivity index (χ3v) is 1.46. The Labute approximate surface area is 103 Å². The van der Waals surface area contributed by atoms with Gasteiger partial charge < -0.3 is 32.2 Å². The Hall–Kier alpha value is -0.780. The number of aliphatic carboxylic acids is 1. The summed E-state index contributed by atoms with van der Waals surface area (Å²) in [6, 6.07) is 0. The number of quaternary nitrogens is 1. The zero-order chi connectivity index (χ0) is 12.5. The largest absolute Gasteiger partial charge is 1.00 e. The Balaban J connectivity index is -0.000000200. The molecule has 0 amide bonds. The molecule has 0 heterocycles. The molecule has 0 aromatic heterocycles. The van der Waals surface area contributed by atoms with Crippen LogP contribution in [0.25, 0.3) is 0 Å². The van der Waals surface area contributed by atoms with Crippen molar-refractivity contribution in [2.24, 2.45) is 0 Å². The summed E-state index contributed by atoms with van der Waals surface area (Å²) in [7, 11) is 6.36. The van der Waals surface area contributed by atoms with Crippen molar-refractivity contribution in [3.63, 3.8) is 0 Å². The Kier molecular flexibility index (Phi) is 13.8. The van der Waals surface area contributed by atoms with Crippen LogP contribution in [0.15, 0.2) is 11.8 Å². The summed E-state index contributed by atoms with van der Waals surface area (Å²) >= 11 is 0. The van der Waals surface area contributed by atoms with Crippen molar-refractivity contribution in [3.05, 3.63) is 11.8 Å². The van der Waals surface area contributed by atoms with Gasteiger partial charge in [-0.15, -0.1) is 0 Å². The fourth-order valence-electron chi connectivity index (χ4n) is 0.669. The van der Waals surface area contributed by atoms with E-state index in [1.54, 1.807) is 0 Å². The lowest BCUT2D eigenvalue weighted by Crippen LogP contribution is -3.00. The SMILES string of the molecule is C/C=C(\[O-])C(=O)O.C[N+](C)(C)CCCO.[Cl-]. The Bertz CT molecular complexity index is 211. The summed E-state index contributed by atoms with van der Waals surface area (Å²) in [6.45, 7) is 2.75. The first-order valence-electron chi connectivity index (χ1n) is 4.72. The van der Waals surface area contributed by atoms with E-state index in [2.05, 4.69) is 21.1 Å². The van der Waals surface area contributed by atoms with Crippen molar-refractivity contribution in [1.29, 1.82) is 0 Å². The van der Waals surface area contributed by atoms with Gasteiger partial charge in [-0.1, -0.05) is 6.08 Å². The molecule has 98 valence electrons. The highest BCUT2D eigenvalue weighted by molar-refractivity contribution is 5.82. The molecular weight excluding hydrogens is 234 g/mol. The lowest BCUT2D eigenvalue weighted by atomic mass is 10.4. The van der Waals surface area contributed by atoms with Gasteiger partial charge in [0.15, 0.2) is 0 Å². The highest BCUT2D eigenvalue weighted by Gasteiger charge is 2.03. The predicted octanol–water partition coefficient (Wildman–Crippen LogP) is -3.59. The Morgan fingerprint density at radius 3 is 1.88 bits per heavy atom. The standard InChI is InChI=1S/C6H16NO.C4H6O3.ClH/c1-7(2,3)5-4-6-8;1-2-3(5)4(6)7;/h8H,4-6H2,1-3H3;2,5H,1H3,(H,6,7);1H/q+1;;/p-2/b;3-2-;. The molecule has 0 aliphatic carbocycles. The van der Waals surface area contributed by atoms with E-state index in [1.165, 1.54) is 6.92 Å². The van der Waals surface area contributed by atoms with Crippen LogP contribution < -0.4 is 17.5 Å². The first-order chi connectivity index (χ1) is 6.74. The molecule has 0 spiro atoms. The van der Waals surface area contributed by atoms with Crippen molar-refractivity contribution in [2.45, 2.75) is 13.3 Å². The Morgan fingerprint density at radius 1 is 1.38 bits per heavy atom. The van der Waals surface area contributed by atoms with E-state index in [-0.39, 0.29) is 12.4 Å². The molecule has 6 heteroatoms. The molecule has 0 unspecified atom stereocenters. The summed E-state index contributed by atoms with van der Waals surface area (Å²) in [4.78, 5) is 9.55. The van der Waals surface area contributed by atoms with E-state index in [1.807, 2.05) is 0 Å². The summed E-state index contributed by atoms with van der Waals surface area (Å²) in [5.41, 5.74) is 0. The molecule has 5 nitrogen and oxygen atoms in total. The number of allylic oxidation sites excluding steroid dienone is 1. The number of hydrogen-bond donors (Lipinski definition) is 2. The molecule has 0 saturated carbocycles. The van der Waals surface area contributed by atoms with Crippen LogP contribution in [0.2, 0.25) is 0 Å². The maximum absolute atomic E-state index is 9.86. The molecule has 0 aliphatic heterocycles. The van der Waals surface area contributed by atoms with Crippen molar-refractivity contribution in [1.82, 2.24) is 0 Å². The van der Waals surface area contributed by atoms with E-state index in [0.717, 1.165) is 23.5 Å². The fraction of sp³-hybridized carbons (Fsp3) is 0.700. The maximum atomic E-state index is 9.86. The smallest absolute Gasteiger partial charge is 0.320 e. The minimum Gasteiger partial charge on any atom is -1.00 e. The minimum atomic E-state index is -1.40. The van der Waals surface area contributed by atoms with Gasteiger partial charge in [0.05, 0.1) is 27.7 Å². The molecule has 0 aromatic rings. The van der Waals surface area contributed by atoms with Gasteiger partial charge in [0.25, 0.3) is 0 Å². The van der Waals surface area contributed by atoms with Crippen LogP contribution in [-0.2, 0) is 4.79 Å². The lowest BCUT2D eigenvalue weighted by molar-refractivity contribution is -0.870. The normalized spacial score (nSPS) is 10.9. The van der Waals surface area contributed by atoms with Gasteiger partial charge in [-0.25, -0.2) is 4.79 Å². The van der Waals surface area contributed by atoms with E-state index < -0.39 is 11.7 Å². The maximum Gasteiger partial charge on any atom is 0.320 e. The monoisotopic (exact) mass is 254 g/mol. The highest BCUT2D eigenvalue weighted by atomic mass is 35.5. The van der Waals surface area contributed by atoms with Crippen molar-refractivity contribution < 1.29 is 37.0 Å². The Morgan fingerprint density at radius 2 is 1.81 bits per heavy atom. The summed E-state index contributed by atoms with van der Waals surface area (Å²) in [6.07, 6.45) is 1.91. The number of carboxylic acids is 1. The van der Waals surface area contributed by atoms with Gasteiger partial charge in [0.2, 0.25) is 0 Å². The second kappa shape index (κ2) is 10.7. The van der Waals surface area contributed by atoms with Crippen molar-refractivity contribution in [3.8, 4) is 0 Å². The number of nitrogens with zero attached hydrogens (tertiary/aromatic N) is 1. The molecule has 0 aromatic carbocycles. The van der Waals surface area contributed by atoms with Gasteiger partial charge in [-0.05, 0) is 12.7 Å². The number of carboxylic acid groups (broad SMARTS) is 1. The second-order valence-electron chi connectivity index (χ2n) is 4.05. The molecule has 0 saturated heterocycles. The number of carbonyl (C=O) groups is 1. The first-order valence-corrected chi connectivity index (χ1v) is 4.72. The first kappa shape index (κ1) is 20.6. The van der Waals surface area contributed by atoms with Gasteiger partial charge in [0, 0.05) is 13.0 Å². The minimum absolute atomic E-state index is 0. The van der Waals surface area contributed by atoms with Crippen LogP contribution >= 0.6 is 0 Å². The lowest BCUT2D eigenvalue weighted by Gasteiger charge is -2.22. The summed E-state index contributed by atoms with van der Waals surface area (Å²) in [5, 5.41) is 26.1. The average Bonchev–Trinajstić information content (AvgIpc) is 2.13. The molecule has 0 atom stereocenters. The second-order valence-corrected chi connectivity index (χ2v) is 4.05. The molecule has 0 bridgehead atoms. The number of aliphatic hydroxyl groups excluding tert-OH is 1. The summed E-state index contributed by atoms with van der Waals surface area (Å²) < 4.78 is 0.945. The van der Waals surface area contributed by atoms with Crippen LogP contribution in [0.3, 0.4) is 0 Å². The van der Waals surface area contributed by atoms with Gasteiger partial charge in [0.1, 0.15) is 0 Å². The van der Waals surface area contributed by atoms with Crippen molar-refractivity contribution >= 4 is 5.97 Å². The fourth-order valence-corrected chi connectivity index (χ4v) is 0.669. The third kappa shape index (κ3) is 18.9. The number of aliphatic hydroxyl groups is 1. The van der Waals surface area contributed by atoms with Gasteiger partial charge >= 0.3 is 5.97 Å². The van der Waals surface area contributed by atoms with E-state index in [4.69, 9.17) is 10.2 Å². The number of rotatable bonds is 4. The van der Waals surface area contributed by atoms with Crippen LogP contribution in [-0.4, -0.2) is 55.0 Å².